The molecule has 0 aromatic heterocycles. The fourth-order valence-electron chi connectivity index (χ4n) is 7.63. The number of hydrogen-bond acceptors (Lipinski definition) is 0. The van der Waals surface area contributed by atoms with Crippen molar-refractivity contribution in [2.24, 2.45) is 0 Å². The van der Waals surface area contributed by atoms with E-state index in [1.54, 1.807) is 0 Å². The van der Waals surface area contributed by atoms with Crippen molar-refractivity contribution in [2.75, 3.05) is 0 Å². The van der Waals surface area contributed by atoms with Gasteiger partial charge in [0.05, 0.1) is 5.41 Å². The monoisotopic (exact) mass is 484 g/mol. The van der Waals surface area contributed by atoms with Crippen molar-refractivity contribution in [1.82, 2.24) is 0 Å². The minimum atomic E-state index is -0.409. The van der Waals surface area contributed by atoms with Crippen molar-refractivity contribution in [1.29, 1.82) is 0 Å². The van der Waals surface area contributed by atoms with Gasteiger partial charge in [0.25, 0.3) is 0 Å². The third-order valence-electron chi connectivity index (χ3n) is 9.11. The van der Waals surface area contributed by atoms with E-state index in [1.807, 2.05) is 0 Å². The maximum absolute atomic E-state index is 2.41. The smallest absolute Gasteiger partial charge is 0.0622 e. The van der Waals surface area contributed by atoms with E-state index in [0.29, 0.717) is 0 Å². The molecule has 0 atom stereocenters. The summed E-state index contributed by atoms with van der Waals surface area (Å²) in [7, 11) is 0. The average molecular weight is 485 g/mol. The molecule has 0 N–H and O–H groups in total. The largest absolute Gasteiger partial charge is 0.0719 e. The Morgan fingerprint density at radius 1 is 0.395 bits per heavy atom. The lowest BCUT2D eigenvalue weighted by molar-refractivity contribution is 0.664. The molecule has 0 fully saturated rings. The topological polar surface area (TPSA) is 0 Å². The standard InChI is InChI=1S/C38H28/c1-37(2)32-19-11-9-17-28(32)30-23-21-25-22-24-31-29-18-10-12-20-33(29)38(26-13-5-3-6-14-26,27-15-7-4-8-16-27)36(31)34(25)35(30)37/h3-24H,1-2H3. The number of hydrogen-bond donors (Lipinski definition) is 0. The molecular weight excluding hydrogens is 456 g/mol. The summed E-state index contributed by atoms with van der Waals surface area (Å²) in [6.45, 7) is 4.82. The third-order valence-corrected chi connectivity index (χ3v) is 9.11. The van der Waals surface area contributed by atoms with Gasteiger partial charge in [-0.05, 0) is 66.4 Å². The van der Waals surface area contributed by atoms with Crippen molar-refractivity contribution < 1.29 is 0 Å². The van der Waals surface area contributed by atoms with E-state index in [1.165, 1.54) is 66.4 Å². The van der Waals surface area contributed by atoms with E-state index < -0.39 is 5.41 Å². The normalized spacial score (nSPS) is 15.5. The molecular formula is C38H28. The molecule has 0 saturated carbocycles. The highest BCUT2D eigenvalue weighted by Crippen LogP contribution is 2.61. The Morgan fingerprint density at radius 3 is 1.47 bits per heavy atom. The Labute approximate surface area is 224 Å². The lowest BCUT2D eigenvalue weighted by Crippen LogP contribution is -2.29. The van der Waals surface area contributed by atoms with E-state index in [9.17, 15) is 0 Å². The molecule has 6 aromatic carbocycles. The molecule has 0 amide bonds. The second-order valence-corrected chi connectivity index (χ2v) is 11.3. The Kier molecular flexibility index (Phi) is 4.30. The summed E-state index contributed by atoms with van der Waals surface area (Å²) < 4.78 is 0. The Hall–Kier alpha value is -4.42. The zero-order valence-corrected chi connectivity index (χ0v) is 21.7. The van der Waals surface area contributed by atoms with Gasteiger partial charge >= 0.3 is 0 Å². The predicted molar refractivity (Wildman–Crippen MR) is 159 cm³/mol. The molecule has 180 valence electrons. The number of benzene rings is 6. The van der Waals surface area contributed by atoms with Gasteiger partial charge in [-0.25, -0.2) is 0 Å². The molecule has 0 aliphatic heterocycles. The number of fused-ring (bicyclic) bond motifs is 9. The van der Waals surface area contributed by atoms with Crippen molar-refractivity contribution in [3.8, 4) is 22.3 Å². The van der Waals surface area contributed by atoms with Gasteiger partial charge in [0, 0.05) is 5.41 Å². The van der Waals surface area contributed by atoms with E-state index in [0.717, 1.165) is 0 Å². The molecule has 0 heterocycles. The molecule has 0 saturated heterocycles. The van der Waals surface area contributed by atoms with Crippen molar-refractivity contribution in [3.63, 3.8) is 0 Å². The SMILES string of the molecule is CC1(C)c2ccccc2-c2ccc3ccc4c(c3c21)C(c1ccccc1)(c1ccccc1)c1ccccc1-4. The van der Waals surface area contributed by atoms with Crippen LogP contribution in [0.1, 0.15) is 47.2 Å². The Morgan fingerprint density at radius 2 is 0.868 bits per heavy atom. The van der Waals surface area contributed by atoms with Gasteiger partial charge in [0.2, 0.25) is 0 Å². The first-order valence-corrected chi connectivity index (χ1v) is 13.5. The summed E-state index contributed by atoms with van der Waals surface area (Å²) in [4.78, 5) is 0. The number of rotatable bonds is 2. The molecule has 0 radical (unpaired) electrons. The van der Waals surface area contributed by atoms with Gasteiger partial charge in [0.1, 0.15) is 0 Å². The molecule has 0 unspecified atom stereocenters. The maximum Gasteiger partial charge on any atom is 0.0719 e. The fourth-order valence-corrected chi connectivity index (χ4v) is 7.63. The van der Waals surface area contributed by atoms with Crippen molar-refractivity contribution in [2.45, 2.75) is 24.7 Å². The third kappa shape index (κ3) is 2.55. The fraction of sp³-hybridized carbons (Fsp3) is 0.105. The average Bonchev–Trinajstić information content (AvgIpc) is 3.41. The Bertz CT molecular complexity index is 1830. The molecule has 0 spiro atoms. The van der Waals surface area contributed by atoms with Gasteiger partial charge < -0.3 is 0 Å². The summed E-state index contributed by atoms with van der Waals surface area (Å²) >= 11 is 0. The first-order valence-electron chi connectivity index (χ1n) is 13.5. The lowest BCUT2D eigenvalue weighted by atomic mass is 9.65. The second-order valence-electron chi connectivity index (χ2n) is 11.3. The summed E-state index contributed by atoms with van der Waals surface area (Å²) in [5.74, 6) is 0. The first-order chi connectivity index (χ1) is 18.6. The van der Waals surface area contributed by atoms with Crippen LogP contribution in [0.4, 0.5) is 0 Å². The molecule has 38 heavy (non-hydrogen) atoms. The van der Waals surface area contributed by atoms with Crippen LogP contribution < -0.4 is 0 Å². The minimum Gasteiger partial charge on any atom is -0.0622 e. The summed E-state index contributed by atoms with van der Waals surface area (Å²) in [6.07, 6.45) is 0. The minimum absolute atomic E-state index is 0.103. The molecule has 0 heteroatoms. The molecule has 2 aliphatic carbocycles. The van der Waals surface area contributed by atoms with Crippen LogP contribution in [-0.2, 0) is 10.8 Å². The van der Waals surface area contributed by atoms with Crippen molar-refractivity contribution in [3.05, 3.63) is 167 Å². The first kappa shape index (κ1) is 21.6. The molecule has 0 nitrogen and oxygen atoms in total. The second kappa shape index (κ2) is 7.55. The highest BCUT2D eigenvalue weighted by Gasteiger charge is 2.49. The van der Waals surface area contributed by atoms with Gasteiger partial charge in [-0.15, -0.1) is 0 Å². The van der Waals surface area contributed by atoms with Crippen LogP contribution in [0.3, 0.4) is 0 Å². The highest BCUT2D eigenvalue weighted by molar-refractivity contribution is 6.06. The van der Waals surface area contributed by atoms with Gasteiger partial charge in [-0.3, -0.25) is 0 Å². The zero-order valence-electron chi connectivity index (χ0n) is 21.7. The quantitative estimate of drug-likeness (QED) is 0.229. The van der Waals surface area contributed by atoms with E-state index in [2.05, 4.69) is 147 Å². The molecule has 8 rings (SSSR count). The Balaban J connectivity index is 1.63. The van der Waals surface area contributed by atoms with Crippen LogP contribution in [-0.4, -0.2) is 0 Å². The zero-order chi connectivity index (χ0) is 25.5. The van der Waals surface area contributed by atoms with Gasteiger partial charge in [0.15, 0.2) is 0 Å². The molecule has 2 aliphatic rings. The van der Waals surface area contributed by atoms with Crippen LogP contribution in [0.15, 0.2) is 133 Å². The highest BCUT2D eigenvalue weighted by atomic mass is 14.5. The van der Waals surface area contributed by atoms with Crippen LogP contribution in [0.5, 0.6) is 0 Å². The van der Waals surface area contributed by atoms with Crippen molar-refractivity contribution >= 4 is 10.8 Å². The van der Waals surface area contributed by atoms with Crippen LogP contribution >= 0.6 is 0 Å². The van der Waals surface area contributed by atoms with Crippen LogP contribution in [0.2, 0.25) is 0 Å². The summed E-state index contributed by atoms with van der Waals surface area (Å²) in [5.41, 5.74) is 13.2. The summed E-state index contributed by atoms with van der Waals surface area (Å²) in [5, 5.41) is 2.72. The molecule has 6 aromatic rings. The van der Waals surface area contributed by atoms with Crippen LogP contribution in [0.25, 0.3) is 33.0 Å². The predicted octanol–water partition coefficient (Wildman–Crippen LogP) is 9.51. The summed E-state index contributed by atoms with van der Waals surface area (Å²) in [6, 6.07) is 49.8. The van der Waals surface area contributed by atoms with E-state index in [-0.39, 0.29) is 5.41 Å². The van der Waals surface area contributed by atoms with Gasteiger partial charge in [-0.2, -0.15) is 0 Å². The van der Waals surface area contributed by atoms with Crippen LogP contribution in [0, 0.1) is 0 Å². The van der Waals surface area contributed by atoms with E-state index in [4.69, 9.17) is 0 Å². The van der Waals surface area contributed by atoms with Gasteiger partial charge in [-0.1, -0.05) is 147 Å². The lowest BCUT2D eigenvalue weighted by Gasteiger charge is -2.36. The van der Waals surface area contributed by atoms with E-state index >= 15 is 0 Å². The maximum atomic E-state index is 2.41. The molecule has 0 bridgehead atoms.